The predicted octanol–water partition coefficient (Wildman–Crippen LogP) is 5.21. The zero-order valence-electron chi connectivity index (χ0n) is 19.7. The van der Waals surface area contributed by atoms with Crippen LogP contribution in [-0.2, 0) is 11.0 Å². The molecule has 5 rings (SSSR count). The minimum absolute atomic E-state index is 0.0415. The summed E-state index contributed by atoms with van der Waals surface area (Å²) in [5.41, 5.74) is -0.160. The Bertz CT molecular complexity index is 1450. The van der Waals surface area contributed by atoms with Gasteiger partial charge in [0.15, 0.2) is 0 Å². The van der Waals surface area contributed by atoms with E-state index in [0.717, 1.165) is 28.7 Å². The maximum atomic E-state index is 13.5. The first-order chi connectivity index (χ1) is 17.6. The Morgan fingerprint density at radius 2 is 2.08 bits per heavy atom. The molecule has 4 heterocycles. The lowest BCUT2D eigenvalue weighted by Gasteiger charge is -2.32. The summed E-state index contributed by atoms with van der Waals surface area (Å²) in [7, 11) is 0. The Kier molecular flexibility index (Phi) is 6.14. The van der Waals surface area contributed by atoms with Gasteiger partial charge in [0.1, 0.15) is 9.71 Å². The molecule has 8 nitrogen and oxygen atoms in total. The summed E-state index contributed by atoms with van der Waals surface area (Å²) < 4.78 is 40.6. The lowest BCUT2D eigenvalue weighted by molar-refractivity contribution is -0.138. The Balaban J connectivity index is 1.50. The molecule has 0 spiro atoms. The molecule has 0 bridgehead atoms. The molecule has 2 aromatic heterocycles. The number of pyridine rings is 1. The van der Waals surface area contributed by atoms with Crippen molar-refractivity contribution in [3.63, 3.8) is 0 Å². The van der Waals surface area contributed by atoms with E-state index in [1.165, 1.54) is 37.4 Å². The topological polar surface area (TPSA) is 94.6 Å². The van der Waals surface area contributed by atoms with Crippen molar-refractivity contribution >= 4 is 56.5 Å². The molecular formula is C25H22F3N5O3S. The number of halogens is 3. The molecule has 12 heteroatoms. The number of carbonyl (C=O) groups excluding carboxylic acids is 3. The van der Waals surface area contributed by atoms with Crippen molar-refractivity contribution in [2.75, 3.05) is 23.3 Å². The van der Waals surface area contributed by atoms with Crippen LogP contribution in [0.15, 0.2) is 43.1 Å². The molecule has 0 aliphatic carbocycles. The second-order valence-electron chi connectivity index (χ2n) is 8.88. The van der Waals surface area contributed by atoms with Crippen LogP contribution in [-0.4, -0.2) is 46.9 Å². The number of hydrogen-bond acceptors (Lipinski definition) is 5. The minimum atomic E-state index is -4.58. The van der Waals surface area contributed by atoms with Crippen molar-refractivity contribution < 1.29 is 27.6 Å². The fourth-order valence-corrected chi connectivity index (χ4v) is 5.75. The fraction of sp³-hybridized carbons (Fsp3) is 0.280. The molecule has 0 saturated carbocycles. The minimum Gasteiger partial charge on any atom is -0.347 e. The number of likely N-dealkylation sites (tertiary alicyclic amines) is 1. The quantitative estimate of drug-likeness (QED) is 0.454. The summed E-state index contributed by atoms with van der Waals surface area (Å²) in [5, 5.41) is 6.09. The van der Waals surface area contributed by atoms with Crippen LogP contribution in [0.2, 0.25) is 0 Å². The van der Waals surface area contributed by atoms with E-state index in [1.54, 1.807) is 4.90 Å². The van der Waals surface area contributed by atoms with Gasteiger partial charge >= 0.3 is 12.2 Å². The number of piperidine rings is 1. The zero-order valence-corrected chi connectivity index (χ0v) is 20.5. The molecule has 0 radical (unpaired) electrons. The summed E-state index contributed by atoms with van der Waals surface area (Å²) in [6.07, 6.45) is -0.489. The van der Waals surface area contributed by atoms with Gasteiger partial charge in [0.05, 0.1) is 28.0 Å². The second kappa shape index (κ2) is 9.18. The van der Waals surface area contributed by atoms with Gasteiger partial charge in [0, 0.05) is 25.3 Å². The van der Waals surface area contributed by atoms with Gasteiger partial charge in [0.25, 0.3) is 5.91 Å². The van der Waals surface area contributed by atoms with Crippen LogP contribution in [0.1, 0.15) is 33.6 Å². The van der Waals surface area contributed by atoms with Crippen LogP contribution >= 0.6 is 11.3 Å². The van der Waals surface area contributed by atoms with Gasteiger partial charge in [-0.05, 0) is 49.6 Å². The number of amides is 4. The first-order valence-corrected chi connectivity index (χ1v) is 12.3. The van der Waals surface area contributed by atoms with E-state index in [9.17, 15) is 27.6 Å². The van der Waals surface area contributed by atoms with Gasteiger partial charge in [0.2, 0.25) is 5.91 Å². The van der Waals surface area contributed by atoms with Gasteiger partial charge in [-0.15, -0.1) is 11.3 Å². The van der Waals surface area contributed by atoms with E-state index < -0.39 is 23.7 Å². The Hall–Kier alpha value is -3.93. The van der Waals surface area contributed by atoms with Crippen LogP contribution in [0.5, 0.6) is 0 Å². The summed E-state index contributed by atoms with van der Waals surface area (Å²) in [4.78, 5) is 46.2. The number of thiophene rings is 1. The number of urea groups is 1. The van der Waals surface area contributed by atoms with E-state index in [4.69, 9.17) is 0 Å². The van der Waals surface area contributed by atoms with Gasteiger partial charge in [-0.3, -0.25) is 14.5 Å². The third-order valence-electron chi connectivity index (χ3n) is 6.48. The van der Waals surface area contributed by atoms with E-state index in [0.29, 0.717) is 35.4 Å². The van der Waals surface area contributed by atoms with Crippen LogP contribution in [0, 0.1) is 6.92 Å². The van der Waals surface area contributed by atoms with Crippen molar-refractivity contribution in [1.82, 2.24) is 15.2 Å². The molecule has 1 fully saturated rings. The Morgan fingerprint density at radius 3 is 2.81 bits per heavy atom. The largest absolute Gasteiger partial charge is 0.416 e. The molecule has 0 unspecified atom stereocenters. The van der Waals surface area contributed by atoms with Crippen molar-refractivity contribution in [2.45, 2.75) is 32.0 Å². The van der Waals surface area contributed by atoms with Crippen molar-refractivity contribution in [3.8, 4) is 0 Å². The summed E-state index contributed by atoms with van der Waals surface area (Å²) in [5.74, 6) is -0.632. The van der Waals surface area contributed by atoms with Crippen molar-refractivity contribution in [2.24, 2.45) is 0 Å². The molecule has 2 N–H and O–H groups in total. The van der Waals surface area contributed by atoms with Crippen LogP contribution in [0.4, 0.5) is 35.0 Å². The molecule has 1 aromatic carbocycles. The number of alkyl halides is 3. The number of carbonyl (C=O) groups is 3. The second-order valence-corrected chi connectivity index (χ2v) is 9.88. The highest BCUT2D eigenvalue weighted by molar-refractivity contribution is 7.21. The number of anilines is 3. The first-order valence-electron chi connectivity index (χ1n) is 11.5. The van der Waals surface area contributed by atoms with Gasteiger partial charge in [-0.2, -0.15) is 13.2 Å². The average Bonchev–Trinajstić information content (AvgIpc) is 3.23. The van der Waals surface area contributed by atoms with Crippen molar-refractivity contribution in [3.05, 3.63) is 59.1 Å². The maximum absolute atomic E-state index is 13.5. The maximum Gasteiger partial charge on any atom is 0.416 e. The molecule has 1 atom stereocenters. The van der Waals surface area contributed by atoms with Gasteiger partial charge in [-0.1, -0.05) is 12.6 Å². The monoisotopic (exact) mass is 529 g/mol. The van der Waals surface area contributed by atoms with E-state index in [-0.39, 0.29) is 33.8 Å². The third kappa shape index (κ3) is 4.41. The van der Waals surface area contributed by atoms with E-state index in [2.05, 4.69) is 22.2 Å². The molecular weight excluding hydrogens is 507 g/mol. The highest BCUT2D eigenvalue weighted by Crippen LogP contribution is 2.46. The number of benzene rings is 1. The number of nitrogens with one attached hydrogen (secondary N) is 2. The summed E-state index contributed by atoms with van der Waals surface area (Å²) >= 11 is 1.08. The molecule has 192 valence electrons. The number of hydrogen-bond donors (Lipinski definition) is 2. The summed E-state index contributed by atoms with van der Waals surface area (Å²) in [6.45, 7) is 5.78. The van der Waals surface area contributed by atoms with Crippen LogP contribution < -0.4 is 15.5 Å². The highest BCUT2D eigenvalue weighted by Gasteiger charge is 2.36. The molecule has 4 amide bonds. The number of aryl methyl sites for hydroxylation is 1. The first kappa shape index (κ1) is 24.8. The number of nitrogens with zero attached hydrogens (tertiary/aromatic N) is 3. The Morgan fingerprint density at radius 1 is 1.30 bits per heavy atom. The molecule has 2 aliphatic heterocycles. The van der Waals surface area contributed by atoms with Gasteiger partial charge in [-0.25, -0.2) is 9.78 Å². The average molecular weight is 530 g/mol. The third-order valence-corrected chi connectivity index (χ3v) is 7.58. The number of rotatable bonds is 4. The molecule has 3 aromatic rings. The van der Waals surface area contributed by atoms with Crippen LogP contribution in [0.3, 0.4) is 0 Å². The lowest BCUT2D eigenvalue weighted by atomic mass is 10.0. The van der Waals surface area contributed by atoms with Gasteiger partial charge < -0.3 is 15.5 Å². The zero-order chi connectivity index (χ0) is 26.5. The Labute approximate surface area is 213 Å². The smallest absolute Gasteiger partial charge is 0.347 e. The van der Waals surface area contributed by atoms with Crippen molar-refractivity contribution in [1.29, 1.82) is 0 Å². The van der Waals surface area contributed by atoms with E-state index in [1.807, 2.05) is 0 Å². The molecule has 37 heavy (non-hydrogen) atoms. The SMILES string of the molecule is C=CC(=O)N1CCC[C@@H](NC(=O)c2sc3nccc4c3c2NC(=O)N4c2ccc(C)c(C(F)(F)F)c2)C1. The van der Waals surface area contributed by atoms with E-state index >= 15 is 0 Å². The predicted molar refractivity (Wildman–Crippen MR) is 134 cm³/mol. The molecule has 1 saturated heterocycles. The normalized spacial score (nSPS) is 17.5. The lowest BCUT2D eigenvalue weighted by Crippen LogP contribution is -2.49. The standard InChI is InChI=1S/C25H22F3N5O3S/c1-3-18(34)32-10-4-5-14(12-32)30-22(35)21-20-19-17(8-9-29-23(19)37-21)33(24(36)31-20)15-7-6-13(2)16(11-15)25(26,27)28/h3,6-9,11,14H,1,4-5,10,12H2,2H3,(H,30,35)(H,31,36)/t14-/m1/s1. The molecule has 2 aliphatic rings. The number of aromatic nitrogens is 1. The summed E-state index contributed by atoms with van der Waals surface area (Å²) in [6, 6.07) is 4.26. The highest BCUT2D eigenvalue weighted by atomic mass is 32.1. The van der Waals surface area contributed by atoms with Crippen LogP contribution in [0.25, 0.3) is 10.2 Å². The fourth-order valence-electron chi connectivity index (χ4n) is 4.73.